The monoisotopic (exact) mass is 453 g/mol. The van der Waals surface area contributed by atoms with E-state index in [2.05, 4.69) is 15.0 Å². The fourth-order valence-electron chi connectivity index (χ4n) is 3.22. The van der Waals surface area contributed by atoms with Crippen molar-refractivity contribution < 1.29 is 23.2 Å². The molecule has 0 spiro atoms. The summed E-state index contributed by atoms with van der Waals surface area (Å²) in [4.78, 5) is 12.7. The van der Waals surface area contributed by atoms with Crippen LogP contribution < -0.4 is 18.9 Å². The van der Waals surface area contributed by atoms with Gasteiger partial charge < -0.3 is 23.9 Å². The van der Waals surface area contributed by atoms with Crippen molar-refractivity contribution in [2.24, 2.45) is 0 Å². The van der Waals surface area contributed by atoms with Crippen LogP contribution in [0.2, 0.25) is 0 Å². The van der Waals surface area contributed by atoms with Crippen molar-refractivity contribution in [3.05, 3.63) is 54.7 Å². The second-order valence-electron chi connectivity index (χ2n) is 6.74. The highest BCUT2D eigenvalue weighted by molar-refractivity contribution is 7.85. The molecule has 4 rings (SSSR count). The first-order valence-corrected chi connectivity index (χ1v) is 11.2. The molecule has 4 aromatic rings. The van der Waals surface area contributed by atoms with Crippen molar-refractivity contribution in [3.63, 3.8) is 0 Å². The van der Waals surface area contributed by atoms with Crippen molar-refractivity contribution in [1.29, 1.82) is 0 Å². The van der Waals surface area contributed by atoms with Crippen LogP contribution in [0.1, 0.15) is 0 Å². The lowest BCUT2D eigenvalue weighted by molar-refractivity contribution is 0.339. The average Bonchev–Trinajstić information content (AvgIpc) is 3.27. The zero-order valence-corrected chi connectivity index (χ0v) is 18.8. The molecule has 1 N–H and O–H groups in total. The van der Waals surface area contributed by atoms with E-state index in [1.807, 2.05) is 24.3 Å². The lowest BCUT2D eigenvalue weighted by Crippen LogP contribution is -2.10. The summed E-state index contributed by atoms with van der Waals surface area (Å²) in [6.07, 6.45) is 1.70. The normalized spacial score (nSPS) is 11.8. The third-order valence-electron chi connectivity index (χ3n) is 4.84. The Hall–Kier alpha value is -3.59. The van der Waals surface area contributed by atoms with Crippen molar-refractivity contribution >= 4 is 22.0 Å². The van der Waals surface area contributed by atoms with Crippen LogP contribution in [-0.2, 0) is 10.8 Å². The zero-order valence-electron chi connectivity index (χ0n) is 18.0. The highest BCUT2D eigenvalue weighted by Gasteiger charge is 2.15. The lowest BCUT2D eigenvalue weighted by Gasteiger charge is -2.13. The summed E-state index contributed by atoms with van der Waals surface area (Å²) in [7, 11) is 3.38. The van der Waals surface area contributed by atoms with E-state index in [0.29, 0.717) is 39.4 Å². The number of nitrogens with zero attached hydrogens (tertiary/aromatic N) is 2. The van der Waals surface area contributed by atoms with E-state index in [-0.39, 0.29) is 12.4 Å². The van der Waals surface area contributed by atoms with Gasteiger partial charge in [0.05, 0.1) is 53.9 Å². The van der Waals surface area contributed by atoms with Crippen molar-refractivity contribution in [2.45, 2.75) is 4.90 Å². The van der Waals surface area contributed by atoms with Gasteiger partial charge in [0.1, 0.15) is 35.4 Å². The highest BCUT2D eigenvalue weighted by atomic mass is 32.2. The molecule has 0 aliphatic carbocycles. The van der Waals surface area contributed by atoms with Gasteiger partial charge >= 0.3 is 0 Å². The number of imidazole rings is 1. The SMILES string of the molecule is COc1ccc(-c2nc3ncccc3[nH]2)c(OCCS(=O)c2ccc(OC)cc2OC)c1. The van der Waals surface area contributed by atoms with Gasteiger partial charge in [0.25, 0.3) is 0 Å². The molecule has 0 aliphatic rings. The van der Waals surface area contributed by atoms with Crippen LogP contribution >= 0.6 is 0 Å². The summed E-state index contributed by atoms with van der Waals surface area (Å²) < 4.78 is 34.8. The first kappa shape index (κ1) is 21.6. The van der Waals surface area contributed by atoms with E-state index in [9.17, 15) is 4.21 Å². The van der Waals surface area contributed by atoms with Crippen molar-refractivity contribution in [3.8, 4) is 34.4 Å². The number of nitrogens with one attached hydrogen (secondary N) is 1. The van der Waals surface area contributed by atoms with Crippen LogP contribution in [0.3, 0.4) is 0 Å². The topological polar surface area (TPSA) is 95.6 Å². The molecule has 0 saturated carbocycles. The third kappa shape index (κ3) is 4.52. The number of pyridine rings is 1. The van der Waals surface area contributed by atoms with Crippen LogP contribution in [0.15, 0.2) is 59.6 Å². The maximum Gasteiger partial charge on any atom is 0.178 e. The highest BCUT2D eigenvalue weighted by Crippen LogP contribution is 2.33. The number of rotatable bonds is 9. The number of H-pyrrole nitrogens is 1. The molecule has 8 nitrogen and oxygen atoms in total. The molecule has 1 unspecified atom stereocenters. The van der Waals surface area contributed by atoms with Crippen molar-refractivity contribution in [1.82, 2.24) is 15.0 Å². The fraction of sp³-hybridized carbons (Fsp3) is 0.217. The molecule has 1 atom stereocenters. The van der Waals surface area contributed by atoms with Crippen molar-refractivity contribution in [2.75, 3.05) is 33.7 Å². The summed E-state index contributed by atoms with van der Waals surface area (Å²) >= 11 is 0. The number of aromatic nitrogens is 3. The lowest BCUT2D eigenvalue weighted by atomic mass is 10.2. The summed E-state index contributed by atoms with van der Waals surface area (Å²) in [5, 5.41) is 0. The second-order valence-corrected chi connectivity index (χ2v) is 8.28. The van der Waals surface area contributed by atoms with E-state index < -0.39 is 10.8 Å². The minimum Gasteiger partial charge on any atom is -0.497 e. The molecule has 32 heavy (non-hydrogen) atoms. The van der Waals surface area contributed by atoms with Gasteiger partial charge in [-0.2, -0.15) is 0 Å². The van der Waals surface area contributed by atoms with Gasteiger partial charge in [-0.3, -0.25) is 4.21 Å². The fourth-order valence-corrected chi connectivity index (χ4v) is 4.26. The first-order chi connectivity index (χ1) is 15.6. The Morgan fingerprint density at radius 3 is 2.41 bits per heavy atom. The number of methoxy groups -OCH3 is 3. The first-order valence-electron chi connectivity index (χ1n) is 9.85. The van der Waals surface area contributed by atoms with Crippen LogP contribution in [0.25, 0.3) is 22.6 Å². The number of benzene rings is 2. The van der Waals surface area contributed by atoms with Crippen LogP contribution in [0.5, 0.6) is 23.0 Å². The average molecular weight is 454 g/mol. The van der Waals surface area contributed by atoms with Gasteiger partial charge in [0.2, 0.25) is 0 Å². The summed E-state index contributed by atoms with van der Waals surface area (Å²) in [6, 6.07) is 14.5. The molecule has 0 aliphatic heterocycles. The Labute approximate surface area is 188 Å². The van der Waals surface area contributed by atoms with E-state index >= 15 is 0 Å². The van der Waals surface area contributed by atoms with E-state index in [4.69, 9.17) is 18.9 Å². The van der Waals surface area contributed by atoms with Gasteiger partial charge in [-0.05, 0) is 36.4 Å². The molecule has 0 amide bonds. The minimum absolute atomic E-state index is 0.223. The van der Waals surface area contributed by atoms with Gasteiger partial charge in [0, 0.05) is 18.3 Å². The van der Waals surface area contributed by atoms with Gasteiger partial charge in [-0.1, -0.05) is 0 Å². The summed E-state index contributed by atoms with van der Waals surface area (Å²) in [5.41, 5.74) is 2.21. The zero-order chi connectivity index (χ0) is 22.5. The largest absolute Gasteiger partial charge is 0.497 e. The molecular weight excluding hydrogens is 430 g/mol. The molecular formula is C23H23N3O5S. The predicted octanol–water partition coefficient (Wildman–Crippen LogP) is 3.84. The Bertz CT molecular complexity index is 1220. The standard InChI is InChI=1S/C23H23N3O5S/c1-28-15-6-8-17(22-25-18-5-4-10-24-23(18)26-22)19(13-15)31-11-12-32(27)21-9-7-16(29-2)14-20(21)30-3/h4-10,13-14H,11-12H2,1-3H3,(H,24,25,26). The predicted molar refractivity (Wildman–Crippen MR) is 122 cm³/mol. The molecule has 2 aromatic carbocycles. The van der Waals surface area contributed by atoms with E-state index in [1.54, 1.807) is 44.7 Å². The van der Waals surface area contributed by atoms with E-state index in [1.165, 1.54) is 7.11 Å². The quantitative estimate of drug-likeness (QED) is 0.411. The Balaban J connectivity index is 1.53. The van der Waals surface area contributed by atoms with Crippen LogP contribution in [-0.4, -0.2) is 52.8 Å². The summed E-state index contributed by atoms with van der Waals surface area (Å²) in [5.74, 6) is 3.29. The molecule has 0 fully saturated rings. The van der Waals surface area contributed by atoms with Crippen LogP contribution in [0, 0.1) is 0 Å². The molecule has 0 bridgehead atoms. The number of hydrogen-bond acceptors (Lipinski definition) is 7. The van der Waals surface area contributed by atoms with Gasteiger partial charge in [0.15, 0.2) is 5.65 Å². The Morgan fingerprint density at radius 1 is 0.938 bits per heavy atom. The molecule has 9 heteroatoms. The molecule has 2 heterocycles. The minimum atomic E-state index is -1.32. The third-order valence-corrected chi connectivity index (χ3v) is 6.21. The Kier molecular flexibility index (Phi) is 6.55. The number of hydrogen-bond donors (Lipinski definition) is 1. The van der Waals surface area contributed by atoms with Gasteiger partial charge in [-0.15, -0.1) is 0 Å². The number of fused-ring (bicyclic) bond motifs is 1. The second kappa shape index (κ2) is 9.69. The molecule has 2 aromatic heterocycles. The summed E-state index contributed by atoms with van der Waals surface area (Å²) in [6.45, 7) is 0.223. The van der Waals surface area contributed by atoms with Crippen LogP contribution in [0.4, 0.5) is 0 Å². The number of aromatic amines is 1. The molecule has 166 valence electrons. The molecule has 0 radical (unpaired) electrons. The maximum atomic E-state index is 12.9. The Morgan fingerprint density at radius 2 is 1.69 bits per heavy atom. The molecule has 0 saturated heterocycles. The van der Waals surface area contributed by atoms with E-state index in [0.717, 1.165) is 11.1 Å². The van der Waals surface area contributed by atoms with Gasteiger partial charge in [-0.25, -0.2) is 9.97 Å². The smallest absolute Gasteiger partial charge is 0.178 e. The number of ether oxygens (including phenoxy) is 4. The maximum absolute atomic E-state index is 12.9.